The second kappa shape index (κ2) is 7.74. The fourth-order valence-electron chi connectivity index (χ4n) is 3.16. The highest BCUT2D eigenvalue weighted by Crippen LogP contribution is 2.28. The quantitative estimate of drug-likeness (QED) is 0.739. The van der Waals surface area contributed by atoms with Gasteiger partial charge >= 0.3 is 0 Å². The molecule has 0 aliphatic carbocycles. The van der Waals surface area contributed by atoms with Crippen LogP contribution in [0.1, 0.15) is 24.5 Å². The monoisotopic (exact) mass is 382 g/mol. The van der Waals surface area contributed by atoms with Crippen LogP contribution >= 0.6 is 23.2 Å². The van der Waals surface area contributed by atoms with Crippen molar-refractivity contribution in [2.45, 2.75) is 24.5 Å². The molecule has 3 rings (SSSR count). The smallest absolute Gasteiger partial charge is 0.248 e. The van der Waals surface area contributed by atoms with Crippen LogP contribution in [0.2, 0.25) is 10.0 Å². The van der Waals surface area contributed by atoms with Gasteiger partial charge in [0.25, 0.3) is 0 Å². The van der Waals surface area contributed by atoms with Crippen LogP contribution < -0.4 is 10.6 Å². The SMILES string of the molecule is O=C(NCC(O)c1cc(Cl)cc(Cl)c1)C1(n2cccn2)CCNCC1. The van der Waals surface area contributed by atoms with Crippen LogP contribution in [0.15, 0.2) is 36.7 Å². The first-order valence-corrected chi connectivity index (χ1v) is 8.90. The molecule has 1 amide bonds. The molecule has 1 unspecified atom stereocenters. The third-order valence-electron chi connectivity index (χ3n) is 4.52. The Morgan fingerprint density at radius 2 is 2.00 bits per heavy atom. The molecule has 1 aliphatic rings. The van der Waals surface area contributed by atoms with Crippen molar-refractivity contribution in [2.75, 3.05) is 19.6 Å². The summed E-state index contributed by atoms with van der Waals surface area (Å²) in [5, 5.41) is 21.6. The number of hydrogen-bond donors (Lipinski definition) is 3. The number of nitrogens with zero attached hydrogens (tertiary/aromatic N) is 2. The van der Waals surface area contributed by atoms with Gasteiger partial charge in [-0.2, -0.15) is 5.10 Å². The van der Waals surface area contributed by atoms with E-state index in [2.05, 4.69) is 15.7 Å². The summed E-state index contributed by atoms with van der Waals surface area (Å²) in [7, 11) is 0. The average molecular weight is 383 g/mol. The molecule has 1 saturated heterocycles. The molecular weight excluding hydrogens is 363 g/mol. The molecule has 1 atom stereocenters. The summed E-state index contributed by atoms with van der Waals surface area (Å²) in [6, 6.07) is 6.68. The highest BCUT2D eigenvalue weighted by Gasteiger charge is 2.41. The van der Waals surface area contributed by atoms with Gasteiger partial charge in [-0.3, -0.25) is 9.48 Å². The fourth-order valence-corrected chi connectivity index (χ4v) is 3.70. The second-order valence-corrected chi connectivity index (χ2v) is 7.03. The number of carbonyl (C=O) groups excluding carboxylic acids is 1. The maximum Gasteiger partial charge on any atom is 0.248 e. The Labute approximate surface area is 156 Å². The van der Waals surface area contributed by atoms with Crippen molar-refractivity contribution >= 4 is 29.1 Å². The Bertz CT molecular complexity index is 710. The van der Waals surface area contributed by atoms with Gasteiger partial charge in [-0.25, -0.2) is 0 Å². The van der Waals surface area contributed by atoms with E-state index in [1.807, 2.05) is 0 Å². The van der Waals surface area contributed by atoms with Crippen molar-refractivity contribution < 1.29 is 9.90 Å². The van der Waals surface area contributed by atoms with Gasteiger partial charge in [-0.15, -0.1) is 0 Å². The zero-order valence-electron chi connectivity index (χ0n) is 13.6. The Morgan fingerprint density at radius 3 is 2.60 bits per heavy atom. The van der Waals surface area contributed by atoms with Crippen molar-refractivity contribution in [2.24, 2.45) is 0 Å². The minimum absolute atomic E-state index is 0.0753. The van der Waals surface area contributed by atoms with Gasteiger partial charge in [-0.1, -0.05) is 23.2 Å². The van der Waals surface area contributed by atoms with Crippen molar-refractivity contribution in [3.05, 3.63) is 52.3 Å². The molecule has 25 heavy (non-hydrogen) atoms. The fraction of sp³-hybridized carbons (Fsp3) is 0.412. The van der Waals surface area contributed by atoms with E-state index in [1.54, 1.807) is 41.3 Å². The lowest BCUT2D eigenvalue weighted by atomic mass is 9.87. The Kier molecular flexibility index (Phi) is 5.64. The van der Waals surface area contributed by atoms with Crippen molar-refractivity contribution in [1.29, 1.82) is 0 Å². The molecule has 0 saturated carbocycles. The van der Waals surface area contributed by atoms with Gasteiger partial charge in [0, 0.05) is 29.0 Å². The molecule has 0 spiro atoms. The van der Waals surface area contributed by atoms with Crippen LogP contribution in [0.5, 0.6) is 0 Å². The standard InChI is InChI=1S/C17H20Cl2N4O2/c18-13-8-12(9-14(19)10-13)15(24)11-21-16(25)17(2-5-20-6-3-17)23-7-1-4-22-23/h1,4,7-10,15,20,24H,2-3,5-6,11H2,(H,21,25). The number of carbonyl (C=O) groups is 1. The van der Waals surface area contributed by atoms with Crippen LogP contribution in [-0.4, -0.2) is 40.4 Å². The van der Waals surface area contributed by atoms with E-state index in [0.717, 1.165) is 13.1 Å². The Morgan fingerprint density at radius 1 is 1.32 bits per heavy atom. The van der Waals surface area contributed by atoms with Gasteiger partial charge in [0.1, 0.15) is 5.54 Å². The van der Waals surface area contributed by atoms with Crippen molar-refractivity contribution in [1.82, 2.24) is 20.4 Å². The lowest BCUT2D eigenvalue weighted by Gasteiger charge is -2.36. The minimum atomic E-state index is -0.892. The molecule has 0 bridgehead atoms. The number of hydrogen-bond acceptors (Lipinski definition) is 4. The maximum absolute atomic E-state index is 12.9. The lowest BCUT2D eigenvalue weighted by molar-refractivity contribution is -0.132. The Balaban J connectivity index is 1.71. The predicted octanol–water partition coefficient (Wildman–Crippen LogP) is 2.12. The molecule has 8 heteroatoms. The average Bonchev–Trinajstić information content (AvgIpc) is 3.14. The number of aromatic nitrogens is 2. The number of piperidine rings is 1. The van der Waals surface area contributed by atoms with Crippen LogP contribution in [0, 0.1) is 0 Å². The highest BCUT2D eigenvalue weighted by atomic mass is 35.5. The molecule has 0 radical (unpaired) electrons. The van der Waals surface area contributed by atoms with Gasteiger partial charge < -0.3 is 15.7 Å². The van der Waals surface area contributed by atoms with E-state index in [1.165, 1.54) is 0 Å². The number of benzene rings is 1. The molecule has 1 fully saturated rings. The number of nitrogens with one attached hydrogen (secondary N) is 2. The first kappa shape index (κ1) is 18.2. The molecule has 1 aliphatic heterocycles. The summed E-state index contributed by atoms with van der Waals surface area (Å²) < 4.78 is 1.71. The third-order valence-corrected chi connectivity index (χ3v) is 4.96. The summed E-state index contributed by atoms with van der Waals surface area (Å²) in [6.07, 6.45) is 3.86. The van der Waals surface area contributed by atoms with Crippen LogP contribution in [0.25, 0.3) is 0 Å². The van der Waals surface area contributed by atoms with E-state index in [9.17, 15) is 9.90 Å². The van der Waals surface area contributed by atoms with E-state index >= 15 is 0 Å². The third kappa shape index (κ3) is 3.98. The first-order chi connectivity index (χ1) is 12.0. The summed E-state index contributed by atoms with van der Waals surface area (Å²) in [5.41, 5.74) is -0.170. The molecule has 3 N–H and O–H groups in total. The second-order valence-electron chi connectivity index (χ2n) is 6.16. The first-order valence-electron chi connectivity index (χ1n) is 8.14. The summed E-state index contributed by atoms with van der Waals surface area (Å²) >= 11 is 11.9. The highest BCUT2D eigenvalue weighted by molar-refractivity contribution is 6.34. The predicted molar refractivity (Wildman–Crippen MR) is 96.7 cm³/mol. The van der Waals surface area contributed by atoms with Gasteiger partial charge in [0.15, 0.2) is 0 Å². The number of aliphatic hydroxyl groups is 1. The van der Waals surface area contributed by atoms with Crippen molar-refractivity contribution in [3.63, 3.8) is 0 Å². The van der Waals surface area contributed by atoms with Gasteiger partial charge in [-0.05, 0) is 55.8 Å². The molecule has 1 aromatic heterocycles. The summed E-state index contributed by atoms with van der Waals surface area (Å²) in [6.45, 7) is 1.55. The number of amides is 1. The molecule has 2 heterocycles. The summed E-state index contributed by atoms with van der Waals surface area (Å²) in [4.78, 5) is 12.9. The van der Waals surface area contributed by atoms with Crippen LogP contribution in [0.3, 0.4) is 0 Å². The zero-order chi connectivity index (χ0) is 17.9. The van der Waals surface area contributed by atoms with Gasteiger partial charge in [0.05, 0.1) is 6.10 Å². The molecule has 2 aromatic rings. The molecule has 6 nitrogen and oxygen atoms in total. The molecule has 1 aromatic carbocycles. The molecule has 134 valence electrons. The Hall–Kier alpha value is -1.60. The van der Waals surface area contributed by atoms with Crippen LogP contribution in [-0.2, 0) is 10.3 Å². The van der Waals surface area contributed by atoms with E-state index in [0.29, 0.717) is 28.5 Å². The lowest BCUT2D eigenvalue weighted by Crippen LogP contribution is -2.55. The minimum Gasteiger partial charge on any atom is -0.387 e. The van der Waals surface area contributed by atoms with E-state index < -0.39 is 11.6 Å². The van der Waals surface area contributed by atoms with E-state index in [-0.39, 0.29) is 12.5 Å². The van der Waals surface area contributed by atoms with E-state index in [4.69, 9.17) is 23.2 Å². The number of aliphatic hydroxyl groups excluding tert-OH is 1. The largest absolute Gasteiger partial charge is 0.387 e. The molecular formula is C17H20Cl2N4O2. The van der Waals surface area contributed by atoms with Crippen molar-refractivity contribution in [3.8, 4) is 0 Å². The number of rotatable bonds is 5. The van der Waals surface area contributed by atoms with Gasteiger partial charge in [0.2, 0.25) is 5.91 Å². The maximum atomic E-state index is 12.9. The zero-order valence-corrected chi connectivity index (χ0v) is 15.1. The summed E-state index contributed by atoms with van der Waals surface area (Å²) in [5.74, 6) is -0.148. The topological polar surface area (TPSA) is 79.2 Å². The normalized spacial score (nSPS) is 17.9. The van der Waals surface area contributed by atoms with Crippen LogP contribution in [0.4, 0.5) is 0 Å². The number of halogens is 2.